The number of carboxylic acids is 1. The Morgan fingerprint density at radius 2 is 2.14 bits per heavy atom. The molecule has 3 atom stereocenters. The molecule has 9 heteroatoms. The SMILES string of the molecule is CC1CC2CC(Cn3ccnn3)(C1)N2.O=C(O)C(F)(F)F. The van der Waals surface area contributed by atoms with Crippen LogP contribution in [0.4, 0.5) is 13.2 Å². The van der Waals surface area contributed by atoms with Crippen molar-refractivity contribution in [3.05, 3.63) is 12.4 Å². The molecule has 4 rings (SSSR count). The van der Waals surface area contributed by atoms with Gasteiger partial charge >= 0.3 is 12.1 Å². The van der Waals surface area contributed by atoms with Gasteiger partial charge in [0.1, 0.15) is 0 Å². The van der Waals surface area contributed by atoms with Gasteiger partial charge in [-0.05, 0) is 25.2 Å². The Morgan fingerprint density at radius 3 is 2.57 bits per heavy atom. The number of fused-ring (bicyclic) bond motifs is 2. The highest BCUT2D eigenvalue weighted by molar-refractivity contribution is 5.73. The second-order valence-electron chi connectivity index (χ2n) is 5.77. The van der Waals surface area contributed by atoms with Gasteiger partial charge < -0.3 is 10.4 Å². The van der Waals surface area contributed by atoms with Crippen molar-refractivity contribution in [2.45, 2.75) is 50.5 Å². The maximum Gasteiger partial charge on any atom is 0.490 e. The van der Waals surface area contributed by atoms with Crippen LogP contribution in [-0.2, 0) is 11.3 Å². The highest BCUT2D eigenvalue weighted by Crippen LogP contribution is 2.41. The average molecular weight is 306 g/mol. The molecule has 1 aromatic rings. The van der Waals surface area contributed by atoms with Crippen molar-refractivity contribution < 1.29 is 23.1 Å². The lowest BCUT2D eigenvalue weighted by Gasteiger charge is -2.56. The Kier molecular flexibility index (Phi) is 4.22. The van der Waals surface area contributed by atoms with E-state index in [9.17, 15) is 13.2 Å². The van der Waals surface area contributed by atoms with E-state index in [2.05, 4.69) is 22.6 Å². The lowest BCUT2D eigenvalue weighted by Crippen LogP contribution is -2.69. The number of carbonyl (C=O) groups is 1. The van der Waals surface area contributed by atoms with Crippen LogP contribution in [0.25, 0.3) is 0 Å². The van der Waals surface area contributed by atoms with Crippen LogP contribution in [0.15, 0.2) is 12.4 Å². The minimum atomic E-state index is -5.08. The predicted octanol–water partition coefficient (Wildman–Crippen LogP) is 1.44. The molecule has 3 fully saturated rings. The number of halogens is 3. The normalized spacial score (nSPS) is 30.9. The van der Waals surface area contributed by atoms with Crippen molar-refractivity contribution in [2.75, 3.05) is 0 Å². The van der Waals surface area contributed by atoms with Gasteiger partial charge in [0.2, 0.25) is 0 Å². The summed E-state index contributed by atoms with van der Waals surface area (Å²) in [6.45, 7) is 3.33. The second kappa shape index (κ2) is 5.63. The first-order valence-electron chi connectivity index (χ1n) is 6.62. The Hall–Kier alpha value is -1.64. The van der Waals surface area contributed by atoms with E-state index in [1.54, 1.807) is 6.20 Å². The van der Waals surface area contributed by atoms with E-state index in [1.807, 2.05) is 10.9 Å². The number of alkyl halides is 3. The number of aromatic nitrogens is 3. The van der Waals surface area contributed by atoms with Gasteiger partial charge in [-0.25, -0.2) is 4.79 Å². The van der Waals surface area contributed by atoms with Crippen LogP contribution in [0.5, 0.6) is 0 Å². The van der Waals surface area contributed by atoms with Crippen LogP contribution in [0.1, 0.15) is 26.2 Å². The van der Waals surface area contributed by atoms with Gasteiger partial charge in [0.15, 0.2) is 0 Å². The lowest BCUT2D eigenvalue weighted by atomic mass is 9.66. The average Bonchev–Trinajstić information content (AvgIpc) is 2.78. The van der Waals surface area contributed by atoms with Gasteiger partial charge in [-0.2, -0.15) is 13.2 Å². The summed E-state index contributed by atoms with van der Waals surface area (Å²) in [6.07, 6.45) is 2.56. The molecular weight excluding hydrogens is 289 g/mol. The Labute approximate surface area is 119 Å². The molecule has 21 heavy (non-hydrogen) atoms. The van der Waals surface area contributed by atoms with E-state index in [1.165, 1.54) is 19.3 Å². The van der Waals surface area contributed by atoms with Crippen LogP contribution in [0.2, 0.25) is 0 Å². The first kappa shape index (κ1) is 15.7. The summed E-state index contributed by atoms with van der Waals surface area (Å²) < 4.78 is 33.7. The molecule has 0 spiro atoms. The third-order valence-electron chi connectivity index (χ3n) is 3.75. The second-order valence-corrected chi connectivity index (χ2v) is 5.77. The number of carboxylic acid groups (broad SMARTS) is 1. The molecule has 118 valence electrons. The standard InChI is InChI=1S/C10H16N4.C2HF3O2/c1-8-4-9-6-10(5-8,12-9)7-14-3-2-11-13-14;3-2(4,5)1(6)7/h2-3,8-9,12H,4-7H2,1H3;(H,6,7). The summed E-state index contributed by atoms with van der Waals surface area (Å²) >= 11 is 0. The van der Waals surface area contributed by atoms with Gasteiger partial charge in [0.05, 0.1) is 12.7 Å². The summed E-state index contributed by atoms with van der Waals surface area (Å²) in [5.41, 5.74) is 0.329. The van der Waals surface area contributed by atoms with Gasteiger partial charge in [-0.1, -0.05) is 12.1 Å². The fraction of sp³-hybridized carbons (Fsp3) is 0.750. The van der Waals surface area contributed by atoms with Crippen LogP contribution in [0, 0.1) is 5.92 Å². The maximum atomic E-state index is 10.6. The Morgan fingerprint density at radius 1 is 1.52 bits per heavy atom. The number of nitrogens with one attached hydrogen (secondary N) is 1. The fourth-order valence-electron chi connectivity index (χ4n) is 3.21. The predicted molar refractivity (Wildman–Crippen MR) is 66.4 cm³/mol. The van der Waals surface area contributed by atoms with Crippen molar-refractivity contribution in [1.29, 1.82) is 0 Å². The van der Waals surface area contributed by atoms with Crippen molar-refractivity contribution in [3.63, 3.8) is 0 Å². The van der Waals surface area contributed by atoms with E-state index < -0.39 is 12.1 Å². The summed E-state index contributed by atoms with van der Waals surface area (Å²) in [6, 6.07) is 0.766. The van der Waals surface area contributed by atoms with Crippen molar-refractivity contribution in [2.24, 2.45) is 5.92 Å². The number of nitrogens with zero attached hydrogens (tertiary/aromatic N) is 3. The first-order valence-corrected chi connectivity index (χ1v) is 6.62. The number of piperidine rings is 1. The van der Waals surface area contributed by atoms with Gasteiger partial charge in [0.25, 0.3) is 0 Å². The molecule has 0 aromatic carbocycles. The third-order valence-corrected chi connectivity index (χ3v) is 3.75. The monoisotopic (exact) mass is 306 g/mol. The van der Waals surface area contributed by atoms with E-state index in [0.717, 1.165) is 18.5 Å². The summed E-state index contributed by atoms with van der Waals surface area (Å²) in [7, 11) is 0. The molecular formula is C12H17F3N4O2. The fourth-order valence-corrected chi connectivity index (χ4v) is 3.21. The maximum absolute atomic E-state index is 10.6. The van der Waals surface area contributed by atoms with Gasteiger partial charge in [-0.15, -0.1) is 5.10 Å². The van der Waals surface area contributed by atoms with Crippen LogP contribution < -0.4 is 5.32 Å². The zero-order chi connectivity index (χ0) is 15.7. The molecule has 1 saturated carbocycles. The van der Waals surface area contributed by atoms with Crippen molar-refractivity contribution in [3.8, 4) is 0 Å². The molecule has 3 aliphatic rings. The van der Waals surface area contributed by atoms with Crippen LogP contribution in [-0.4, -0.2) is 43.8 Å². The lowest BCUT2D eigenvalue weighted by molar-refractivity contribution is -0.192. The van der Waals surface area contributed by atoms with Gasteiger partial charge in [-0.3, -0.25) is 4.68 Å². The summed E-state index contributed by atoms with van der Waals surface area (Å²) in [5, 5.41) is 18.7. The Balaban J connectivity index is 0.000000199. The smallest absolute Gasteiger partial charge is 0.475 e. The number of hydrogen-bond donors (Lipinski definition) is 2. The molecule has 1 aromatic heterocycles. The third kappa shape index (κ3) is 3.93. The molecule has 0 amide bonds. The number of aliphatic carboxylic acids is 1. The minimum absolute atomic E-state index is 0.329. The Bertz CT molecular complexity index is 483. The zero-order valence-electron chi connectivity index (χ0n) is 11.5. The zero-order valence-corrected chi connectivity index (χ0v) is 11.5. The van der Waals surface area contributed by atoms with Crippen LogP contribution >= 0.6 is 0 Å². The number of rotatable bonds is 2. The minimum Gasteiger partial charge on any atom is -0.475 e. The quantitative estimate of drug-likeness (QED) is 0.864. The molecule has 3 heterocycles. The summed E-state index contributed by atoms with van der Waals surface area (Å²) in [4.78, 5) is 8.90. The summed E-state index contributed by atoms with van der Waals surface area (Å²) in [5.74, 6) is -1.90. The highest BCUT2D eigenvalue weighted by atomic mass is 19.4. The van der Waals surface area contributed by atoms with E-state index >= 15 is 0 Å². The molecule has 6 nitrogen and oxygen atoms in total. The molecule has 0 radical (unpaired) electrons. The van der Waals surface area contributed by atoms with Gasteiger partial charge in [0, 0.05) is 17.8 Å². The van der Waals surface area contributed by atoms with E-state index in [-0.39, 0.29) is 0 Å². The van der Waals surface area contributed by atoms with Crippen molar-refractivity contribution >= 4 is 5.97 Å². The molecule has 2 N–H and O–H groups in total. The van der Waals surface area contributed by atoms with Crippen molar-refractivity contribution in [1.82, 2.24) is 20.3 Å². The molecule has 1 aliphatic carbocycles. The number of hydrogen-bond acceptors (Lipinski definition) is 4. The van der Waals surface area contributed by atoms with Crippen LogP contribution in [0.3, 0.4) is 0 Å². The molecule has 2 aliphatic heterocycles. The topological polar surface area (TPSA) is 80.0 Å². The highest BCUT2D eigenvalue weighted by Gasteiger charge is 2.49. The molecule has 2 bridgehead atoms. The molecule has 3 unspecified atom stereocenters. The van der Waals surface area contributed by atoms with E-state index in [0.29, 0.717) is 5.54 Å². The largest absolute Gasteiger partial charge is 0.490 e. The van der Waals surface area contributed by atoms with E-state index in [4.69, 9.17) is 9.90 Å². The molecule has 2 saturated heterocycles. The first-order chi connectivity index (χ1) is 9.70.